The lowest BCUT2D eigenvalue weighted by molar-refractivity contribution is 0.332. The Balaban J connectivity index is 1.12. The van der Waals surface area contributed by atoms with Crippen molar-refractivity contribution < 1.29 is 0 Å². The van der Waals surface area contributed by atoms with Crippen LogP contribution in [0.4, 0.5) is 34.1 Å². The minimum absolute atomic E-state index is 0.000379. The van der Waals surface area contributed by atoms with Crippen molar-refractivity contribution in [2.45, 2.75) is 77.6 Å². The van der Waals surface area contributed by atoms with Crippen molar-refractivity contribution in [3.05, 3.63) is 211 Å². The van der Waals surface area contributed by atoms with Crippen molar-refractivity contribution >= 4 is 122 Å². The smallest absolute Gasteiger partial charge is 0.264 e. The summed E-state index contributed by atoms with van der Waals surface area (Å²) in [4.78, 5) is 5.17. The highest BCUT2D eigenvalue weighted by Gasteiger charge is 2.46. The van der Waals surface area contributed by atoms with E-state index in [1.165, 1.54) is 115 Å². The molecule has 5 heterocycles. The fraction of sp³-hybridized carbons (Fsp3) is 0.176. The zero-order chi connectivity index (χ0) is 50.0. The molecule has 6 heteroatoms. The summed E-state index contributed by atoms with van der Waals surface area (Å²) < 4.78 is 7.86. The number of thiophene rings is 1. The molecular weight excluding hydrogens is 916 g/mol. The Morgan fingerprint density at radius 1 is 0.486 bits per heavy atom. The molecule has 74 heavy (non-hydrogen) atoms. The average Bonchev–Trinajstić information content (AvgIpc) is 4.07. The van der Waals surface area contributed by atoms with E-state index >= 15 is 0 Å². The van der Waals surface area contributed by atoms with Crippen molar-refractivity contribution in [1.82, 2.24) is 9.13 Å². The number of aromatic nitrogens is 2. The lowest BCUT2D eigenvalue weighted by Crippen LogP contribution is -2.59. The maximum absolute atomic E-state index is 2.70. The fourth-order valence-electron chi connectivity index (χ4n) is 13.4. The summed E-state index contributed by atoms with van der Waals surface area (Å²) >= 11 is 1.99. The summed E-state index contributed by atoms with van der Waals surface area (Å²) in [6.07, 6.45) is 2.33. The van der Waals surface area contributed by atoms with Crippen molar-refractivity contribution in [2.75, 3.05) is 9.80 Å². The summed E-state index contributed by atoms with van der Waals surface area (Å²) in [5, 5.41) is 6.41. The first-order valence-electron chi connectivity index (χ1n) is 26.5. The lowest BCUT2D eigenvalue weighted by Gasteiger charge is -2.44. The molecule has 2 aliphatic heterocycles. The topological polar surface area (TPSA) is 16.3 Å². The third kappa shape index (κ3) is 6.15. The number of para-hydroxylation sites is 5. The largest absolute Gasteiger partial charge is 0.310 e. The Morgan fingerprint density at radius 2 is 1.12 bits per heavy atom. The van der Waals surface area contributed by atoms with Gasteiger partial charge in [0.15, 0.2) is 0 Å². The molecule has 0 spiro atoms. The van der Waals surface area contributed by atoms with Crippen LogP contribution in [0.25, 0.3) is 65.1 Å². The van der Waals surface area contributed by atoms with Crippen LogP contribution in [0.15, 0.2) is 194 Å². The third-order valence-electron chi connectivity index (χ3n) is 17.3. The van der Waals surface area contributed by atoms with Gasteiger partial charge in [-0.15, -0.1) is 11.3 Å². The highest BCUT2D eigenvalue weighted by Crippen LogP contribution is 2.53. The van der Waals surface area contributed by atoms with Crippen LogP contribution in [0.2, 0.25) is 0 Å². The van der Waals surface area contributed by atoms with E-state index in [4.69, 9.17) is 0 Å². The summed E-state index contributed by atoms with van der Waals surface area (Å²) in [5.41, 5.74) is 21.5. The van der Waals surface area contributed by atoms with Crippen LogP contribution >= 0.6 is 11.3 Å². The highest BCUT2D eigenvalue weighted by molar-refractivity contribution is 7.33. The van der Waals surface area contributed by atoms with E-state index in [-0.39, 0.29) is 23.0 Å². The van der Waals surface area contributed by atoms with Crippen molar-refractivity contribution in [3.8, 4) is 11.4 Å². The minimum Gasteiger partial charge on any atom is -0.310 e. The van der Waals surface area contributed by atoms with E-state index in [1.807, 2.05) is 11.3 Å². The Bertz CT molecular complexity index is 4260. The summed E-state index contributed by atoms with van der Waals surface area (Å²) in [7, 11) is 0. The first kappa shape index (κ1) is 43.8. The van der Waals surface area contributed by atoms with E-state index in [2.05, 4.69) is 262 Å². The van der Waals surface area contributed by atoms with Gasteiger partial charge in [0, 0.05) is 76.0 Å². The van der Waals surface area contributed by atoms with Gasteiger partial charge in [-0.1, -0.05) is 152 Å². The van der Waals surface area contributed by atoms with Gasteiger partial charge in [0.25, 0.3) is 6.71 Å². The predicted molar refractivity (Wildman–Crippen MR) is 319 cm³/mol. The second kappa shape index (κ2) is 15.4. The van der Waals surface area contributed by atoms with Gasteiger partial charge in [-0.05, 0) is 148 Å². The van der Waals surface area contributed by atoms with Gasteiger partial charge in [0.1, 0.15) is 0 Å². The van der Waals surface area contributed by atoms with Crippen LogP contribution in [0, 0.1) is 0 Å². The van der Waals surface area contributed by atoms with Gasteiger partial charge in [-0.25, -0.2) is 0 Å². The van der Waals surface area contributed by atoms with Crippen LogP contribution in [0.5, 0.6) is 0 Å². The van der Waals surface area contributed by atoms with Crippen LogP contribution in [-0.2, 0) is 16.2 Å². The number of anilines is 6. The van der Waals surface area contributed by atoms with E-state index < -0.39 is 0 Å². The first-order valence-corrected chi connectivity index (χ1v) is 27.3. The Hall–Kier alpha value is -7.80. The molecule has 1 aliphatic carbocycles. The molecule has 0 radical (unpaired) electrons. The molecule has 3 aromatic heterocycles. The quantitative estimate of drug-likeness (QED) is 0.160. The van der Waals surface area contributed by atoms with Gasteiger partial charge in [0.05, 0.1) is 27.9 Å². The second-order valence-corrected chi connectivity index (χ2v) is 24.7. The monoisotopic (exact) mass is 972 g/mol. The minimum atomic E-state index is -0.0255. The maximum atomic E-state index is 2.70. The zero-order valence-electron chi connectivity index (χ0n) is 43.2. The van der Waals surface area contributed by atoms with E-state index in [0.717, 1.165) is 29.2 Å². The molecule has 0 unspecified atom stereocenters. The maximum Gasteiger partial charge on any atom is 0.264 e. The molecule has 9 aromatic carbocycles. The van der Waals surface area contributed by atoms with Crippen molar-refractivity contribution in [2.24, 2.45) is 0 Å². The van der Waals surface area contributed by atoms with E-state index in [9.17, 15) is 0 Å². The Morgan fingerprint density at radius 3 is 1.85 bits per heavy atom. The van der Waals surface area contributed by atoms with Gasteiger partial charge < -0.3 is 18.9 Å². The molecule has 0 saturated carbocycles. The zero-order valence-corrected chi connectivity index (χ0v) is 44.0. The Labute approximate surface area is 437 Å². The molecular formula is C68H57BN4S. The molecule has 0 fully saturated rings. The van der Waals surface area contributed by atoms with Gasteiger partial charge in [-0.2, -0.15) is 0 Å². The standard InChI is InChI=1S/C68H57BN4S/c1-66(2,3)42-30-33-61-52(36-42)64-65(74-61)69-55-28-19-27-49-51-40-50-48-26-17-18-29-56(48)71(45-24-15-10-16-25-45)57(50)41-58(51)73(63(49)55)60-39-47(70(43-20-11-8-12-21-43)44-22-13-9-14-23-44)38-59(62(60)69)72(64)46-31-32-53-54(37-46)68(6,7)35-34-67(53,4)5/h8-33,36-41H,34-35H2,1-7H3. The van der Waals surface area contributed by atoms with Crippen molar-refractivity contribution in [1.29, 1.82) is 0 Å². The molecule has 3 aliphatic rings. The van der Waals surface area contributed by atoms with Gasteiger partial charge in [0.2, 0.25) is 0 Å². The molecule has 0 atom stereocenters. The highest BCUT2D eigenvalue weighted by atomic mass is 32.1. The first-order chi connectivity index (χ1) is 35.8. The molecule has 4 nitrogen and oxygen atoms in total. The summed E-state index contributed by atoms with van der Waals surface area (Å²) in [5.74, 6) is 0. The van der Waals surface area contributed by atoms with E-state index in [0.29, 0.717) is 0 Å². The molecule has 15 rings (SSSR count). The van der Waals surface area contributed by atoms with Gasteiger partial charge >= 0.3 is 0 Å². The van der Waals surface area contributed by atoms with Crippen LogP contribution < -0.4 is 25.5 Å². The van der Waals surface area contributed by atoms with Crippen LogP contribution in [0.1, 0.15) is 78.0 Å². The van der Waals surface area contributed by atoms with Crippen molar-refractivity contribution in [3.63, 3.8) is 0 Å². The predicted octanol–water partition coefficient (Wildman–Crippen LogP) is 16.8. The van der Waals surface area contributed by atoms with Crippen LogP contribution in [0.3, 0.4) is 0 Å². The molecule has 0 bridgehead atoms. The summed E-state index contributed by atoms with van der Waals surface area (Å²) in [6.45, 7) is 16.9. The lowest BCUT2D eigenvalue weighted by atomic mass is 9.36. The second-order valence-electron chi connectivity index (χ2n) is 23.6. The number of rotatable bonds is 5. The summed E-state index contributed by atoms with van der Waals surface area (Å²) in [6, 6.07) is 73.8. The number of nitrogens with zero attached hydrogens (tertiary/aromatic N) is 4. The normalized spacial score (nSPS) is 15.3. The van der Waals surface area contributed by atoms with Gasteiger partial charge in [-0.3, -0.25) is 0 Å². The molecule has 0 N–H and O–H groups in total. The van der Waals surface area contributed by atoms with E-state index in [1.54, 1.807) is 0 Å². The van der Waals surface area contributed by atoms with Crippen LogP contribution in [-0.4, -0.2) is 15.8 Å². The Kier molecular flexibility index (Phi) is 9.09. The fourth-order valence-corrected chi connectivity index (χ4v) is 14.7. The molecule has 0 amide bonds. The number of hydrogen-bond donors (Lipinski definition) is 0. The third-order valence-corrected chi connectivity index (χ3v) is 18.5. The number of benzene rings is 9. The number of hydrogen-bond acceptors (Lipinski definition) is 3. The SMILES string of the molecule is CC(C)(C)c1ccc2sc3c(c2c1)N(c1ccc2c(c1)C(C)(C)CCC2(C)C)c1cc(N(c2ccccc2)c2ccccc2)cc2c1B3c1cccc3c4cc5c6ccccc6n(-c6ccccc6)c5cc4n-2c13. The average molecular weight is 973 g/mol. The molecule has 12 aromatic rings. The number of fused-ring (bicyclic) bond motifs is 13. The molecule has 0 saturated heterocycles. The molecule has 358 valence electrons.